The van der Waals surface area contributed by atoms with Crippen molar-refractivity contribution < 1.29 is 14.0 Å². The lowest BCUT2D eigenvalue weighted by Crippen LogP contribution is -2.11. The molecular weight excluding hydrogens is 250 g/mol. The molecule has 3 rings (SSSR count). The van der Waals surface area contributed by atoms with E-state index in [1.54, 1.807) is 12.3 Å². The van der Waals surface area contributed by atoms with Crippen LogP contribution in [0.25, 0.3) is 0 Å². The number of thiophene rings is 1. The Morgan fingerprint density at radius 1 is 1.39 bits per heavy atom. The maximum atomic E-state index is 11.7. The van der Waals surface area contributed by atoms with Gasteiger partial charge in [-0.05, 0) is 30.4 Å². The molecule has 92 valence electrons. The number of nitrogens with zero attached hydrogens (tertiary/aromatic N) is 1. The third kappa shape index (κ3) is 2.09. The van der Waals surface area contributed by atoms with Crippen molar-refractivity contribution in [3.63, 3.8) is 0 Å². The van der Waals surface area contributed by atoms with Crippen molar-refractivity contribution in [1.29, 1.82) is 0 Å². The van der Waals surface area contributed by atoms with Gasteiger partial charge in [0, 0.05) is 12.0 Å². The smallest absolute Gasteiger partial charge is 0.375 e. The first-order chi connectivity index (χ1) is 8.84. The molecule has 1 aliphatic carbocycles. The molecule has 2 heterocycles. The lowest BCUT2D eigenvalue weighted by atomic mass is 9.97. The Kier molecular flexibility index (Phi) is 2.98. The molecule has 0 radical (unpaired) electrons. The van der Waals surface area contributed by atoms with Crippen molar-refractivity contribution in [1.82, 2.24) is 0 Å². The minimum Gasteiger partial charge on any atom is -0.469 e. The third-order valence-electron chi connectivity index (χ3n) is 2.83. The van der Waals surface area contributed by atoms with Crippen LogP contribution in [0.15, 0.2) is 39.4 Å². The lowest BCUT2D eigenvalue weighted by Gasteiger charge is -2.11. The number of aryl methyl sites for hydroxylation is 1. The van der Waals surface area contributed by atoms with Crippen LogP contribution in [0.1, 0.15) is 33.8 Å². The fourth-order valence-corrected chi connectivity index (χ4v) is 2.57. The van der Waals surface area contributed by atoms with Crippen LogP contribution in [0, 0.1) is 0 Å². The Morgan fingerprint density at radius 2 is 2.33 bits per heavy atom. The molecule has 0 unspecified atom stereocenters. The molecule has 4 nitrogen and oxygen atoms in total. The van der Waals surface area contributed by atoms with Gasteiger partial charge in [0.2, 0.25) is 0 Å². The van der Waals surface area contributed by atoms with Gasteiger partial charge in [-0.3, -0.25) is 0 Å². The molecule has 0 atom stereocenters. The number of carbonyl (C=O) groups is 1. The van der Waals surface area contributed by atoms with Crippen molar-refractivity contribution in [2.45, 2.75) is 19.3 Å². The largest absolute Gasteiger partial charge is 0.469 e. The Labute approximate surface area is 108 Å². The van der Waals surface area contributed by atoms with Gasteiger partial charge in [0.05, 0.1) is 12.0 Å². The predicted molar refractivity (Wildman–Crippen MR) is 67.9 cm³/mol. The maximum absolute atomic E-state index is 11.7. The van der Waals surface area contributed by atoms with Gasteiger partial charge in [-0.15, -0.1) is 11.3 Å². The fourth-order valence-electron chi connectivity index (χ4n) is 1.97. The van der Waals surface area contributed by atoms with Crippen LogP contribution in [0.2, 0.25) is 0 Å². The van der Waals surface area contributed by atoms with Crippen LogP contribution in [-0.4, -0.2) is 11.7 Å². The van der Waals surface area contributed by atoms with Crippen molar-refractivity contribution >= 4 is 23.0 Å². The zero-order chi connectivity index (χ0) is 12.4. The van der Waals surface area contributed by atoms with Gasteiger partial charge in [-0.2, -0.15) is 0 Å². The minimum absolute atomic E-state index is 0.409. The summed E-state index contributed by atoms with van der Waals surface area (Å²) in [6.45, 7) is 0. The van der Waals surface area contributed by atoms with Crippen LogP contribution >= 0.6 is 11.3 Å². The van der Waals surface area contributed by atoms with E-state index in [2.05, 4.69) is 5.16 Å². The lowest BCUT2D eigenvalue weighted by molar-refractivity contribution is 0.0521. The van der Waals surface area contributed by atoms with E-state index in [-0.39, 0.29) is 0 Å². The number of fused-ring (bicyclic) bond motifs is 1. The van der Waals surface area contributed by atoms with E-state index in [9.17, 15) is 4.79 Å². The van der Waals surface area contributed by atoms with E-state index >= 15 is 0 Å². The highest BCUT2D eigenvalue weighted by Crippen LogP contribution is 2.23. The zero-order valence-electron chi connectivity index (χ0n) is 9.59. The quantitative estimate of drug-likeness (QED) is 0.616. The van der Waals surface area contributed by atoms with Crippen molar-refractivity contribution in [3.05, 3.63) is 46.0 Å². The SMILES string of the molecule is O=C(O/N=C1\CCCc2occc21)c1cccs1. The van der Waals surface area contributed by atoms with E-state index in [1.165, 1.54) is 11.3 Å². The molecule has 0 aliphatic heterocycles. The van der Waals surface area contributed by atoms with E-state index < -0.39 is 5.97 Å². The second-order valence-electron chi connectivity index (χ2n) is 4.01. The van der Waals surface area contributed by atoms with Gasteiger partial charge in [-0.25, -0.2) is 4.79 Å². The van der Waals surface area contributed by atoms with E-state index in [0.717, 1.165) is 36.3 Å². The average Bonchev–Trinajstić information content (AvgIpc) is 3.05. The number of oxime groups is 1. The summed E-state index contributed by atoms with van der Waals surface area (Å²) in [7, 11) is 0. The summed E-state index contributed by atoms with van der Waals surface area (Å²) in [5.41, 5.74) is 1.75. The first-order valence-corrected chi connectivity index (χ1v) is 6.61. The molecule has 0 aromatic carbocycles. The van der Waals surface area contributed by atoms with E-state index in [1.807, 2.05) is 17.5 Å². The van der Waals surface area contributed by atoms with Crippen LogP contribution in [0.5, 0.6) is 0 Å². The predicted octanol–water partition coefficient (Wildman–Crippen LogP) is 3.24. The summed E-state index contributed by atoms with van der Waals surface area (Å²) in [5.74, 6) is 0.514. The van der Waals surface area contributed by atoms with E-state index in [0.29, 0.717) is 4.88 Å². The Balaban J connectivity index is 1.77. The second-order valence-corrected chi connectivity index (χ2v) is 4.95. The molecule has 0 saturated heterocycles. The third-order valence-corrected chi connectivity index (χ3v) is 3.68. The molecular formula is C13H11NO3S. The molecule has 18 heavy (non-hydrogen) atoms. The number of carbonyl (C=O) groups excluding carboxylic acids is 1. The van der Waals surface area contributed by atoms with Gasteiger partial charge in [-0.1, -0.05) is 11.2 Å². The van der Waals surface area contributed by atoms with Crippen LogP contribution < -0.4 is 0 Å². The normalized spacial score (nSPS) is 16.6. The monoisotopic (exact) mass is 261 g/mol. The number of rotatable bonds is 2. The molecule has 0 fully saturated rings. The summed E-state index contributed by atoms with van der Waals surface area (Å²) in [5, 5.41) is 5.80. The molecule has 0 spiro atoms. The van der Waals surface area contributed by atoms with Gasteiger partial charge >= 0.3 is 5.97 Å². The highest BCUT2D eigenvalue weighted by molar-refractivity contribution is 7.11. The highest BCUT2D eigenvalue weighted by atomic mass is 32.1. The van der Waals surface area contributed by atoms with Gasteiger partial charge in [0.1, 0.15) is 10.6 Å². The minimum atomic E-state index is -0.409. The van der Waals surface area contributed by atoms with Gasteiger partial charge < -0.3 is 9.25 Å². The molecule has 0 saturated carbocycles. The molecule has 0 amide bonds. The van der Waals surface area contributed by atoms with Gasteiger partial charge in [0.15, 0.2) is 0 Å². The Hall–Kier alpha value is -1.88. The number of hydrogen-bond acceptors (Lipinski definition) is 5. The topological polar surface area (TPSA) is 51.8 Å². The van der Waals surface area contributed by atoms with Crippen LogP contribution in [-0.2, 0) is 11.3 Å². The molecule has 1 aliphatic rings. The van der Waals surface area contributed by atoms with Gasteiger partial charge in [0.25, 0.3) is 0 Å². The summed E-state index contributed by atoms with van der Waals surface area (Å²) in [4.78, 5) is 17.2. The van der Waals surface area contributed by atoms with E-state index in [4.69, 9.17) is 9.25 Å². The summed E-state index contributed by atoms with van der Waals surface area (Å²) in [6.07, 6.45) is 4.34. The molecule has 2 aromatic heterocycles. The first kappa shape index (κ1) is 11.2. The molecule has 2 aromatic rings. The summed E-state index contributed by atoms with van der Waals surface area (Å²) >= 11 is 1.34. The van der Waals surface area contributed by atoms with Crippen molar-refractivity contribution in [2.75, 3.05) is 0 Å². The highest BCUT2D eigenvalue weighted by Gasteiger charge is 2.19. The maximum Gasteiger partial charge on any atom is 0.375 e. The van der Waals surface area contributed by atoms with Crippen LogP contribution in [0.3, 0.4) is 0 Å². The van der Waals surface area contributed by atoms with Crippen LogP contribution in [0.4, 0.5) is 0 Å². The number of furan rings is 1. The summed E-state index contributed by atoms with van der Waals surface area (Å²) in [6, 6.07) is 5.40. The summed E-state index contributed by atoms with van der Waals surface area (Å²) < 4.78 is 5.35. The Morgan fingerprint density at radius 3 is 3.17 bits per heavy atom. The van der Waals surface area contributed by atoms with Crippen molar-refractivity contribution in [2.24, 2.45) is 5.16 Å². The molecule has 5 heteroatoms. The van der Waals surface area contributed by atoms with Crippen molar-refractivity contribution in [3.8, 4) is 0 Å². The first-order valence-electron chi connectivity index (χ1n) is 5.73. The standard InChI is InChI=1S/C13H11NO3S/c15-13(12-5-2-8-18-12)17-14-10-3-1-4-11-9(10)6-7-16-11/h2,5-8H,1,3-4H2/b14-10+. The Bertz CT molecular complexity index is 583. The number of hydrogen-bond donors (Lipinski definition) is 0. The fraction of sp³-hybridized carbons (Fsp3) is 0.231. The molecule has 0 bridgehead atoms. The molecule has 0 N–H and O–H groups in total. The average molecular weight is 261 g/mol. The second kappa shape index (κ2) is 4.78. The zero-order valence-corrected chi connectivity index (χ0v) is 10.4.